The number of aliphatic hydroxyl groups is 1. The zero-order valence-corrected chi connectivity index (χ0v) is 14.0. The molecule has 2 fully saturated rings. The summed E-state index contributed by atoms with van der Waals surface area (Å²) in [7, 11) is 1.55. The lowest BCUT2D eigenvalue weighted by Crippen LogP contribution is -2.40. The van der Waals surface area contributed by atoms with Crippen LogP contribution in [-0.4, -0.2) is 46.7 Å². The Morgan fingerprint density at radius 2 is 2.12 bits per heavy atom. The lowest BCUT2D eigenvalue weighted by atomic mass is 9.88. The number of hydrogen-bond donors (Lipinski definition) is 1. The number of carbonyl (C=O) groups is 1. The average Bonchev–Trinajstić information content (AvgIpc) is 3.40. The SMILES string of the molecule is COc1cc(C(=O)N2C[C@@H](C)[C@](O)(C3CC3)C2)c2ccccc2n1. The van der Waals surface area contributed by atoms with Crippen LogP contribution in [-0.2, 0) is 0 Å². The fraction of sp³-hybridized carbons (Fsp3) is 0.474. The molecule has 2 atom stereocenters. The Labute approximate surface area is 141 Å². The van der Waals surface area contributed by atoms with Gasteiger partial charge < -0.3 is 14.7 Å². The van der Waals surface area contributed by atoms with Gasteiger partial charge in [-0.15, -0.1) is 0 Å². The first-order chi connectivity index (χ1) is 11.5. The Hall–Kier alpha value is -2.14. The first-order valence-corrected chi connectivity index (χ1v) is 8.48. The van der Waals surface area contributed by atoms with E-state index in [9.17, 15) is 9.90 Å². The quantitative estimate of drug-likeness (QED) is 0.941. The predicted molar refractivity (Wildman–Crippen MR) is 91.0 cm³/mol. The van der Waals surface area contributed by atoms with Gasteiger partial charge in [-0.05, 0) is 24.8 Å². The zero-order valence-electron chi connectivity index (χ0n) is 14.0. The van der Waals surface area contributed by atoms with Gasteiger partial charge in [-0.3, -0.25) is 4.79 Å². The predicted octanol–water partition coefficient (Wildman–Crippen LogP) is 2.48. The molecule has 0 radical (unpaired) electrons. The Bertz CT molecular complexity index is 802. The van der Waals surface area contributed by atoms with Crippen LogP contribution in [0, 0.1) is 11.8 Å². The van der Waals surface area contributed by atoms with Crippen LogP contribution in [0.5, 0.6) is 5.88 Å². The molecule has 1 saturated carbocycles. The molecule has 1 saturated heterocycles. The lowest BCUT2D eigenvalue weighted by Gasteiger charge is -2.26. The van der Waals surface area contributed by atoms with Gasteiger partial charge in [-0.2, -0.15) is 0 Å². The van der Waals surface area contributed by atoms with E-state index in [1.165, 1.54) is 0 Å². The van der Waals surface area contributed by atoms with Gasteiger partial charge in [0.25, 0.3) is 5.91 Å². The first-order valence-electron chi connectivity index (χ1n) is 8.48. The highest BCUT2D eigenvalue weighted by Crippen LogP contribution is 2.47. The van der Waals surface area contributed by atoms with E-state index in [2.05, 4.69) is 4.98 Å². The van der Waals surface area contributed by atoms with Crippen molar-refractivity contribution < 1.29 is 14.6 Å². The number of hydrogen-bond acceptors (Lipinski definition) is 4. The number of nitrogens with zero attached hydrogens (tertiary/aromatic N) is 2. The van der Waals surface area contributed by atoms with E-state index in [0.29, 0.717) is 30.5 Å². The van der Waals surface area contributed by atoms with Gasteiger partial charge in [0.05, 0.1) is 30.3 Å². The van der Waals surface area contributed by atoms with E-state index in [0.717, 1.165) is 23.7 Å². The second-order valence-corrected chi connectivity index (χ2v) is 7.08. The van der Waals surface area contributed by atoms with Gasteiger partial charge in [0.2, 0.25) is 5.88 Å². The number of amides is 1. The Kier molecular flexibility index (Phi) is 3.49. The molecule has 1 amide bonds. The van der Waals surface area contributed by atoms with Crippen molar-refractivity contribution in [3.63, 3.8) is 0 Å². The van der Waals surface area contributed by atoms with Crippen LogP contribution < -0.4 is 4.74 Å². The largest absolute Gasteiger partial charge is 0.481 e. The van der Waals surface area contributed by atoms with Crippen molar-refractivity contribution in [2.75, 3.05) is 20.2 Å². The van der Waals surface area contributed by atoms with Crippen molar-refractivity contribution in [1.82, 2.24) is 9.88 Å². The second-order valence-electron chi connectivity index (χ2n) is 7.08. The second kappa shape index (κ2) is 5.45. The van der Waals surface area contributed by atoms with Crippen LogP contribution in [0.2, 0.25) is 0 Å². The fourth-order valence-corrected chi connectivity index (χ4v) is 3.89. The summed E-state index contributed by atoms with van der Waals surface area (Å²) in [4.78, 5) is 19.3. The molecule has 2 heterocycles. The summed E-state index contributed by atoms with van der Waals surface area (Å²) in [5, 5.41) is 11.8. The number of methoxy groups -OCH3 is 1. The summed E-state index contributed by atoms with van der Waals surface area (Å²) in [5.41, 5.74) is 0.595. The van der Waals surface area contributed by atoms with Crippen molar-refractivity contribution in [2.24, 2.45) is 11.8 Å². The van der Waals surface area contributed by atoms with Crippen molar-refractivity contribution in [2.45, 2.75) is 25.4 Å². The van der Waals surface area contributed by atoms with Crippen molar-refractivity contribution in [3.8, 4) is 5.88 Å². The summed E-state index contributed by atoms with van der Waals surface area (Å²) in [6.45, 7) is 3.04. The molecule has 1 aliphatic carbocycles. The van der Waals surface area contributed by atoms with Crippen LogP contribution in [0.3, 0.4) is 0 Å². The molecule has 2 aromatic rings. The van der Waals surface area contributed by atoms with E-state index < -0.39 is 5.60 Å². The fourth-order valence-electron chi connectivity index (χ4n) is 3.89. The van der Waals surface area contributed by atoms with Gasteiger partial charge in [0, 0.05) is 23.9 Å². The summed E-state index contributed by atoms with van der Waals surface area (Å²) in [6, 6.07) is 9.28. The molecule has 24 heavy (non-hydrogen) atoms. The molecule has 5 heteroatoms. The van der Waals surface area contributed by atoms with Crippen molar-refractivity contribution >= 4 is 16.8 Å². The highest BCUT2D eigenvalue weighted by atomic mass is 16.5. The third kappa shape index (κ3) is 2.35. The van der Waals surface area contributed by atoms with E-state index in [-0.39, 0.29) is 11.8 Å². The maximum atomic E-state index is 13.1. The normalized spacial score (nSPS) is 26.8. The highest BCUT2D eigenvalue weighted by molar-refractivity contribution is 6.06. The van der Waals surface area contributed by atoms with E-state index >= 15 is 0 Å². The van der Waals surface area contributed by atoms with Crippen LogP contribution in [0.1, 0.15) is 30.1 Å². The van der Waals surface area contributed by atoms with E-state index in [1.807, 2.05) is 31.2 Å². The van der Waals surface area contributed by atoms with Gasteiger partial charge in [-0.1, -0.05) is 25.1 Å². The minimum atomic E-state index is -0.734. The third-order valence-corrected chi connectivity index (χ3v) is 5.50. The molecule has 5 nitrogen and oxygen atoms in total. The molecular formula is C19H22N2O3. The standard InChI is InChI=1S/C19H22N2O3/c1-12-10-21(11-19(12,23)13-7-8-13)18(22)15-9-17(24-2)20-16-6-4-3-5-14(15)16/h3-6,9,12-13,23H,7-8,10-11H2,1-2H3/t12-,19+/m1/s1. The van der Waals surface area contributed by atoms with Gasteiger partial charge in [0.1, 0.15) is 0 Å². The Balaban J connectivity index is 1.71. The Morgan fingerprint density at radius 3 is 2.83 bits per heavy atom. The molecule has 0 spiro atoms. The summed E-state index contributed by atoms with van der Waals surface area (Å²) in [5.74, 6) is 0.815. The molecule has 4 rings (SSSR count). The van der Waals surface area contributed by atoms with Crippen LogP contribution in [0.15, 0.2) is 30.3 Å². The van der Waals surface area contributed by atoms with Crippen molar-refractivity contribution in [1.29, 1.82) is 0 Å². The lowest BCUT2D eigenvalue weighted by molar-refractivity contribution is -0.00363. The molecule has 126 valence electrons. The van der Waals surface area contributed by atoms with Crippen LogP contribution >= 0.6 is 0 Å². The summed E-state index contributed by atoms with van der Waals surface area (Å²) < 4.78 is 5.25. The molecule has 0 unspecified atom stereocenters. The van der Waals surface area contributed by atoms with Gasteiger partial charge >= 0.3 is 0 Å². The number of aromatic nitrogens is 1. The minimum absolute atomic E-state index is 0.0599. The van der Waals surface area contributed by atoms with E-state index in [1.54, 1.807) is 18.1 Å². The molecule has 1 N–H and O–H groups in total. The average molecular weight is 326 g/mol. The first kappa shape index (κ1) is 15.4. The van der Waals surface area contributed by atoms with E-state index in [4.69, 9.17) is 4.74 Å². The topological polar surface area (TPSA) is 62.7 Å². The molecule has 1 aromatic carbocycles. The number of ether oxygens (including phenoxy) is 1. The molecule has 1 aromatic heterocycles. The number of para-hydroxylation sites is 1. The smallest absolute Gasteiger partial charge is 0.254 e. The summed E-state index contributed by atoms with van der Waals surface area (Å²) in [6.07, 6.45) is 2.13. The number of rotatable bonds is 3. The maximum absolute atomic E-state index is 13.1. The zero-order chi connectivity index (χ0) is 16.9. The van der Waals surface area contributed by atoms with Crippen LogP contribution in [0.25, 0.3) is 10.9 Å². The molecule has 0 bridgehead atoms. The Morgan fingerprint density at radius 1 is 1.38 bits per heavy atom. The van der Waals surface area contributed by atoms with Gasteiger partial charge in [0.15, 0.2) is 0 Å². The molecule has 1 aliphatic heterocycles. The monoisotopic (exact) mass is 326 g/mol. The number of benzene rings is 1. The number of pyridine rings is 1. The van der Waals surface area contributed by atoms with Crippen molar-refractivity contribution in [3.05, 3.63) is 35.9 Å². The third-order valence-electron chi connectivity index (χ3n) is 5.50. The van der Waals surface area contributed by atoms with Gasteiger partial charge in [-0.25, -0.2) is 4.98 Å². The van der Waals surface area contributed by atoms with Crippen LogP contribution in [0.4, 0.5) is 0 Å². The number of fused-ring (bicyclic) bond motifs is 1. The number of likely N-dealkylation sites (tertiary alicyclic amines) is 1. The highest BCUT2D eigenvalue weighted by Gasteiger charge is 2.53. The number of carbonyl (C=O) groups excluding carboxylic acids is 1. The number of β-amino-alcohol motifs (C(OH)–C–C–N with tert-alkyl or cyclic N) is 1. The maximum Gasteiger partial charge on any atom is 0.254 e. The molecule has 2 aliphatic rings. The molecular weight excluding hydrogens is 304 g/mol. The summed E-state index contributed by atoms with van der Waals surface area (Å²) >= 11 is 0. The minimum Gasteiger partial charge on any atom is -0.481 e.